The zero-order valence-corrected chi connectivity index (χ0v) is 20.9. The van der Waals surface area contributed by atoms with E-state index in [-0.39, 0.29) is 11.7 Å². The molecule has 0 atom stereocenters. The van der Waals surface area contributed by atoms with Gasteiger partial charge in [0.15, 0.2) is 11.6 Å². The summed E-state index contributed by atoms with van der Waals surface area (Å²) in [6.45, 7) is 5.81. The topological polar surface area (TPSA) is 111 Å². The molecule has 1 saturated heterocycles. The number of carbonyl (C=O) groups is 1. The number of hydrogen-bond acceptors (Lipinski definition) is 6. The van der Waals surface area contributed by atoms with Crippen molar-refractivity contribution in [3.63, 3.8) is 0 Å². The molecule has 194 valence electrons. The zero-order valence-electron chi connectivity index (χ0n) is 20.9. The van der Waals surface area contributed by atoms with Crippen LogP contribution in [0.25, 0.3) is 16.6 Å². The molecule has 4 aromatic rings. The molecule has 3 heterocycles. The summed E-state index contributed by atoms with van der Waals surface area (Å²) in [5.74, 6) is -2.52. The first-order valence-electron chi connectivity index (χ1n) is 12.0. The molecule has 0 bridgehead atoms. The standard InChI is InChI=1S/C25H24F2N6O2.CH5N/c1-15(2)32-21-10-8-19(23(16(21)14-28-32)31-12-3-4-13-31)29-25(35)20-9-11-22(34)33(30-20)24-17(26)6-5-7-18(24)27;1-2/h5-11,14-15H,3-4,12-13H2,1-2H3,(H,29,35);2H2,1H3. The molecule has 0 spiro atoms. The number of benzene rings is 2. The van der Waals surface area contributed by atoms with Gasteiger partial charge in [-0.2, -0.15) is 14.9 Å². The lowest BCUT2D eigenvalue weighted by atomic mass is 10.1. The number of para-hydroxylation sites is 1. The third kappa shape index (κ3) is 4.94. The fourth-order valence-electron chi connectivity index (χ4n) is 4.47. The summed E-state index contributed by atoms with van der Waals surface area (Å²) >= 11 is 0. The van der Waals surface area contributed by atoms with E-state index in [1.807, 2.05) is 16.8 Å². The van der Waals surface area contributed by atoms with E-state index < -0.39 is 28.8 Å². The maximum absolute atomic E-state index is 14.3. The van der Waals surface area contributed by atoms with E-state index in [1.54, 1.807) is 6.20 Å². The molecule has 0 aliphatic carbocycles. The molecule has 3 N–H and O–H groups in total. The second-order valence-corrected chi connectivity index (χ2v) is 8.76. The smallest absolute Gasteiger partial charge is 0.276 e. The normalized spacial score (nSPS) is 13.1. The van der Waals surface area contributed by atoms with Crippen LogP contribution in [0.3, 0.4) is 0 Å². The van der Waals surface area contributed by atoms with Gasteiger partial charge in [-0.1, -0.05) is 6.07 Å². The van der Waals surface area contributed by atoms with Crippen LogP contribution in [0.1, 0.15) is 43.2 Å². The molecular formula is C26H29F2N7O2. The first-order valence-corrected chi connectivity index (χ1v) is 12.0. The molecule has 1 fully saturated rings. The van der Waals surface area contributed by atoms with Crippen molar-refractivity contribution >= 4 is 28.2 Å². The highest BCUT2D eigenvalue weighted by Gasteiger charge is 2.23. The van der Waals surface area contributed by atoms with Gasteiger partial charge in [-0.25, -0.2) is 8.78 Å². The highest BCUT2D eigenvalue weighted by Crippen LogP contribution is 2.37. The Balaban J connectivity index is 0.00000156. The van der Waals surface area contributed by atoms with Crippen LogP contribution in [0.15, 0.2) is 53.5 Å². The van der Waals surface area contributed by atoms with E-state index in [2.05, 4.69) is 40.0 Å². The molecule has 5 rings (SSSR count). The molecule has 2 aromatic heterocycles. The number of carbonyl (C=O) groups excluding carboxylic acids is 1. The van der Waals surface area contributed by atoms with Gasteiger partial charge in [-0.3, -0.25) is 14.3 Å². The van der Waals surface area contributed by atoms with E-state index >= 15 is 0 Å². The minimum Gasteiger partial charge on any atom is -0.369 e. The molecule has 1 aliphatic rings. The van der Waals surface area contributed by atoms with Crippen molar-refractivity contribution in [2.75, 3.05) is 30.4 Å². The van der Waals surface area contributed by atoms with Crippen molar-refractivity contribution in [3.05, 3.63) is 76.3 Å². The number of nitrogens with zero attached hydrogens (tertiary/aromatic N) is 5. The number of aromatic nitrogens is 4. The Bertz CT molecular complexity index is 1470. The summed E-state index contributed by atoms with van der Waals surface area (Å²) in [4.78, 5) is 27.7. The van der Waals surface area contributed by atoms with Crippen LogP contribution in [0.2, 0.25) is 0 Å². The van der Waals surface area contributed by atoms with Crippen LogP contribution in [-0.4, -0.2) is 45.6 Å². The number of rotatable bonds is 5. The van der Waals surface area contributed by atoms with Gasteiger partial charge in [0.1, 0.15) is 11.4 Å². The predicted octanol–water partition coefficient (Wildman–Crippen LogP) is 3.87. The Morgan fingerprint density at radius 3 is 2.32 bits per heavy atom. The predicted molar refractivity (Wildman–Crippen MR) is 139 cm³/mol. The first-order chi connectivity index (χ1) is 17.8. The van der Waals surface area contributed by atoms with Crippen LogP contribution in [0.5, 0.6) is 0 Å². The maximum Gasteiger partial charge on any atom is 0.276 e. The highest BCUT2D eigenvalue weighted by atomic mass is 19.1. The number of nitrogens with two attached hydrogens (primary N) is 1. The van der Waals surface area contributed by atoms with Gasteiger partial charge in [0.25, 0.3) is 11.5 Å². The molecule has 11 heteroatoms. The Kier molecular flexibility index (Phi) is 7.63. The van der Waals surface area contributed by atoms with Crippen molar-refractivity contribution in [1.29, 1.82) is 0 Å². The summed E-state index contributed by atoms with van der Waals surface area (Å²) in [5.41, 5.74) is 5.36. The lowest BCUT2D eigenvalue weighted by Crippen LogP contribution is -2.27. The molecule has 2 aromatic carbocycles. The molecule has 0 unspecified atom stereocenters. The third-order valence-corrected chi connectivity index (χ3v) is 6.09. The Labute approximate surface area is 212 Å². The second kappa shape index (κ2) is 10.9. The van der Waals surface area contributed by atoms with Gasteiger partial charge in [-0.15, -0.1) is 0 Å². The van der Waals surface area contributed by atoms with Gasteiger partial charge in [0.05, 0.1) is 23.1 Å². The number of hydrogen-bond donors (Lipinski definition) is 2. The van der Waals surface area contributed by atoms with Gasteiger partial charge in [-0.05, 0) is 64.1 Å². The zero-order chi connectivity index (χ0) is 26.7. The van der Waals surface area contributed by atoms with Crippen LogP contribution in [0, 0.1) is 11.6 Å². The second-order valence-electron chi connectivity index (χ2n) is 8.76. The lowest BCUT2D eigenvalue weighted by Gasteiger charge is -2.23. The van der Waals surface area contributed by atoms with E-state index in [9.17, 15) is 18.4 Å². The molecule has 0 saturated carbocycles. The number of amides is 1. The number of nitrogens with one attached hydrogen (secondary N) is 1. The van der Waals surface area contributed by atoms with Gasteiger partial charge in [0, 0.05) is 30.6 Å². The van der Waals surface area contributed by atoms with Crippen LogP contribution in [-0.2, 0) is 0 Å². The summed E-state index contributed by atoms with van der Waals surface area (Å²) in [6.07, 6.45) is 3.89. The third-order valence-electron chi connectivity index (χ3n) is 6.09. The van der Waals surface area contributed by atoms with Crippen LogP contribution >= 0.6 is 0 Å². The number of halogens is 2. The van der Waals surface area contributed by atoms with Crippen molar-refractivity contribution < 1.29 is 13.6 Å². The maximum atomic E-state index is 14.3. The fourth-order valence-corrected chi connectivity index (χ4v) is 4.47. The Morgan fingerprint density at radius 1 is 1.00 bits per heavy atom. The number of fused-ring (bicyclic) bond motifs is 1. The average Bonchev–Trinajstić information content (AvgIpc) is 3.56. The monoisotopic (exact) mass is 509 g/mol. The Hall–Kier alpha value is -4.12. The SMILES string of the molecule is CC(C)n1ncc2c(N3CCCC3)c(NC(=O)c3ccc(=O)n(-c4c(F)cccc4F)n3)ccc21.CN. The summed E-state index contributed by atoms with van der Waals surface area (Å²) in [7, 11) is 1.50. The van der Waals surface area contributed by atoms with Gasteiger partial charge in [0.2, 0.25) is 0 Å². The van der Waals surface area contributed by atoms with Gasteiger partial charge < -0.3 is 16.0 Å². The quantitative estimate of drug-likeness (QED) is 0.423. The molecular weight excluding hydrogens is 480 g/mol. The van der Waals surface area contributed by atoms with Crippen molar-refractivity contribution in [2.45, 2.75) is 32.7 Å². The largest absolute Gasteiger partial charge is 0.369 e. The van der Waals surface area contributed by atoms with Crippen molar-refractivity contribution in [2.24, 2.45) is 5.73 Å². The van der Waals surface area contributed by atoms with Crippen LogP contribution in [0.4, 0.5) is 20.2 Å². The fraction of sp³-hybridized carbons (Fsp3) is 0.308. The van der Waals surface area contributed by atoms with Crippen LogP contribution < -0.4 is 21.5 Å². The van der Waals surface area contributed by atoms with E-state index in [0.717, 1.165) is 60.7 Å². The minimum atomic E-state index is -0.957. The molecule has 37 heavy (non-hydrogen) atoms. The minimum absolute atomic E-state index is 0.155. The molecule has 0 radical (unpaired) electrons. The summed E-state index contributed by atoms with van der Waals surface area (Å²) in [5, 5.41) is 12.3. The molecule has 9 nitrogen and oxygen atoms in total. The highest BCUT2D eigenvalue weighted by molar-refractivity contribution is 6.08. The molecule has 1 amide bonds. The van der Waals surface area contributed by atoms with E-state index in [0.29, 0.717) is 10.4 Å². The van der Waals surface area contributed by atoms with E-state index in [1.165, 1.54) is 19.2 Å². The summed E-state index contributed by atoms with van der Waals surface area (Å²) in [6, 6.07) is 9.42. The first kappa shape index (κ1) is 26.0. The van der Waals surface area contributed by atoms with Crippen molar-refractivity contribution in [1.82, 2.24) is 19.6 Å². The number of anilines is 2. The van der Waals surface area contributed by atoms with E-state index in [4.69, 9.17) is 0 Å². The molecule has 1 aliphatic heterocycles. The Morgan fingerprint density at radius 2 is 1.68 bits per heavy atom. The lowest BCUT2D eigenvalue weighted by molar-refractivity contribution is 0.102. The average molecular weight is 510 g/mol. The summed E-state index contributed by atoms with van der Waals surface area (Å²) < 4.78 is 31.0. The van der Waals surface area contributed by atoms with Gasteiger partial charge >= 0.3 is 0 Å². The van der Waals surface area contributed by atoms with Crippen molar-refractivity contribution in [3.8, 4) is 5.69 Å².